The number of ketones is 1. The number of carbonyl (C=O) groups excluding carboxylic acids is 1. The average molecular weight is 281 g/mol. The Bertz CT molecular complexity index is 367. The van der Waals surface area contributed by atoms with Gasteiger partial charge in [0.15, 0.2) is 0 Å². The molecule has 2 fully saturated rings. The Labute approximate surface area is 122 Å². The predicted molar refractivity (Wildman–Crippen MR) is 80.4 cm³/mol. The van der Waals surface area contributed by atoms with Crippen LogP contribution in [0.5, 0.6) is 0 Å². The number of nitrogens with two attached hydrogens (primary N) is 1. The maximum absolute atomic E-state index is 12.0. The van der Waals surface area contributed by atoms with E-state index in [1.807, 2.05) is 27.7 Å². The molecule has 1 aliphatic carbocycles. The van der Waals surface area contributed by atoms with Gasteiger partial charge in [-0.2, -0.15) is 0 Å². The average Bonchev–Trinajstić information content (AvgIpc) is 2.47. The highest BCUT2D eigenvalue weighted by Gasteiger charge is 2.55. The lowest BCUT2D eigenvalue weighted by atomic mass is 9.61. The second-order valence-corrected chi connectivity index (χ2v) is 7.43. The fraction of sp³-hybridized carbons (Fsp3) is 0.933. The van der Waals surface area contributed by atoms with Crippen molar-refractivity contribution in [3.05, 3.63) is 0 Å². The van der Waals surface area contributed by atoms with Gasteiger partial charge in [0, 0.05) is 17.8 Å². The summed E-state index contributed by atoms with van der Waals surface area (Å²) in [5.74, 6) is 0.322. The molecule has 2 aliphatic rings. The molecule has 0 bridgehead atoms. The van der Waals surface area contributed by atoms with Gasteiger partial charge in [-0.25, -0.2) is 0 Å². The van der Waals surface area contributed by atoms with Crippen molar-refractivity contribution in [2.75, 3.05) is 0 Å². The number of carbonyl (C=O) groups is 1. The van der Waals surface area contributed by atoms with E-state index in [1.54, 1.807) is 6.92 Å². The molecule has 0 aromatic rings. The van der Waals surface area contributed by atoms with Crippen LogP contribution >= 0.6 is 0 Å². The fourth-order valence-corrected chi connectivity index (χ4v) is 3.31. The van der Waals surface area contributed by atoms with Gasteiger partial charge in [0.2, 0.25) is 0 Å². The zero-order chi connectivity index (χ0) is 15.1. The van der Waals surface area contributed by atoms with Crippen molar-refractivity contribution in [2.24, 2.45) is 11.7 Å². The molecule has 0 aromatic heterocycles. The standard InChI is InChI=1S/C15H28BNO3/c1-10(18)12-8-6-7-11(17)9-13(12)16-19-14(2,3)15(4,5)20-16/h11-13H,6-9,17H2,1-5H3/t11?,12?,13-/m0/s1. The number of Topliss-reactive ketones (excluding diaryl/α,β-unsaturated/α-hetero) is 1. The van der Waals surface area contributed by atoms with Crippen LogP contribution in [-0.2, 0) is 14.1 Å². The van der Waals surface area contributed by atoms with E-state index >= 15 is 0 Å². The number of hydrogen-bond acceptors (Lipinski definition) is 4. The van der Waals surface area contributed by atoms with E-state index in [4.69, 9.17) is 15.0 Å². The summed E-state index contributed by atoms with van der Waals surface area (Å²) in [6, 6.07) is 0.142. The van der Waals surface area contributed by atoms with Crippen molar-refractivity contribution in [3.8, 4) is 0 Å². The molecule has 3 atom stereocenters. The van der Waals surface area contributed by atoms with Crippen LogP contribution in [-0.4, -0.2) is 30.1 Å². The van der Waals surface area contributed by atoms with Crippen molar-refractivity contribution in [1.29, 1.82) is 0 Å². The van der Waals surface area contributed by atoms with E-state index in [0.717, 1.165) is 25.7 Å². The van der Waals surface area contributed by atoms with E-state index in [2.05, 4.69) is 0 Å². The maximum atomic E-state index is 12.0. The van der Waals surface area contributed by atoms with Gasteiger partial charge in [-0.05, 0) is 53.9 Å². The predicted octanol–water partition coefficient (Wildman–Crippen LogP) is 2.56. The highest BCUT2D eigenvalue weighted by atomic mass is 16.7. The van der Waals surface area contributed by atoms with Gasteiger partial charge in [-0.3, -0.25) is 4.79 Å². The van der Waals surface area contributed by atoms with Crippen LogP contribution in [0.25, 0.3) is 0 Å². The third kappa shape index (κ3) is 2.95. The van der Waals surface area contributed by atoms with Crippen molar-refractivity contribution >= 4 is 12.9 Å². The van der Waals surface area contributed by atoms with Crippen LogP contribution in [0.4, 0.5) is 0 Å². The van der Waals surface area contributed by atoms with Crippen LogP contribution in [0.15, 0.2) is 0 Å². The molecule has 1 heterocycles. The normalized spacial score (nSPS) is 36.7. The Hall–Kier alpha value is -0.385. The molecular weight excluding hydrogens is 253 g/mol. The Morgan fingerprint density at radius 2 is 1.70 bits per heavy atom. The second kappa shape index (κ2) is 5.43. The van der Waals surface area contributed by atoms with Crippen molar-refractivity contribution < 1.29 is 14.1 Å². The summed E-state index contributed by atoms with van der Waals surface area (Å²) in [5, 5.41) is 0. The topological polar surface area (TPSA) is 61.6 Å². The molecule has 2 unspecified atom stereocenters. The van der Waals surface area contributed by atoms with Crippen molar-refractivity contribution in [2.45, 2.75) is 83.4 Å². The molecule has 1 saturated carbocycles. The Morgan fingerprint density at radius 1 is 1.15 bits per heavy atom. The van der Waals surface area contributed by atoms with E-state index in [1.165, 1.54) is 0 Å². The van der Waals surface area contributed by atoms with Crippen LogP contribution in [0.1, 0.15) is 60.3 Å². The number of rotatable bonds is 2. The van der Waals surface area contributed by atoms with E-state index in [0.29, 0.717) is 0 Å². The monoisotopic (exact) mass is 281 g/mol. The zero-order valence-corrected chi connectivity index (χ0v) is 13.4. The molecule has 4 nitrogen and oxygen atoms in total. The second-order valence-electron chi connectivity index (χ2n) is 7.43. The first-order chi connectivity index (χ1) is 9.14. The van der Waals surface area contributed by atoms with E-state index in [-0.39, 0.29) is 41.9 Å². The molecule has 2 rings (SSSR count). The lowest BCUT2D eigenvalue weighted by Gasteiger charge is -2.32. The minimum absolute atomic E-state index is 0.0123. The molecule has 0 radical (unpaired) electrons. The summed E-state index contributed by atoms with van der Waals surface area (Å²) in [6.45, 7) is 9.87. The highest BCUT2D eigenvalue weighted by molar-refractivity contribution is 6.48. The van der Waals surface area contributed by atoms with Crippen LogP contribution in [0.2, 0.25) is 5.82 Å². The molecule has 0 amide bonds. The third-order valence-electron chi connectivity index (χ3n) is 5.33. The van der Waals surface area contributed by atoms with Crippen LogP contribution < -0.4 is 5.73 Å². The lowest BCUT2D eigenvalue weighted by Crippen LogP contribution is -2.41. The quantitative estimate of drug-likeness (QED) is 0.624. The summed E-state index contributed by atoms with van der Waals surface area (Å²) in [7, 11) is -0.321. The molecule has 2 N–H and O–H groups in total. The Morgan fingerprint density at radius 3 is 2.20 bits per heavy atom. The summed E-state index contributed by atoms with van der Waals surface area (Å²) in [4.78, 5) is 12.0. The molecule has 0 aromatic carbocycles. The van der Waals surface area contributed by atoms with Crippen LogP contribution in [0.3, 0.4) is 0 Å². The summed E-state index contributed by atoms with van der Waals surface area (Å²) >= 11 is 0. The lowest BCUT2D eigenvalue weighted by molar-refractivity contribution is -0.121. The minimum Gasteiger partial charge on any atom is -0.403 e. The van der Waals surface area contributed by atoms with Gasteiger partial charge >= 0.3 is 7.12 Å². The molecule has 1 saturated heterocycles. The summed E-state index contributed by atoms with van der Waals surface area (Å²) in [6.07, 6.45) is 3.71. The number of hydrogen-bond donors (Lipinski definition) is 1. The first-order valence-corrected chi connectivity index (χ1v) is 7.76. The first-order valence-electron chi connectivity index (χ1n) is 7.76. The van der Waals surface area contributed by atoms with E-state index in [9.17, 15) is 4.79 Å². The van der Waals surface area contributed by atoms with Gasteiger partial charge in [0.05, 0.1) is 11.2 Å². The van der Waals surface area contributed by atoms with Gasteiger partial charge in [-0.15, -0.1) is 0 Å². The van der Waals surface area contributed by atoms with Gasteiger partial charge in [0.25, 0.3) is 0 Å². The Balaban J connectivity index is 2.21. The largest absolute Gasteiger partial charge is 0.461 e. The maximum Gasteiger partial charge on any atom is 0.461 e. The third-order valence-corrected chi connectivity index (χ3v) is 5.33. The van der Waals surface area contributed by atoms with Gasteiger partial charge in [-0.1, -0.05) is 6.42 Å². The SMILES string of the molecule is CC(=O)C1CCCC(N)C[C@@H]1B1OC(C)(C)C(C)(C)O1. The van der Waals surface area contributed by atoms with Crippen LogP contribution in [0, 0.1) is 5.92 Å². The molecule has 5 heteroatoms. The smallest absolute Gasteiger partial charge is 0.403 e. The molecule has 114 valence electrons. The minimum atomic E-state index is -0.352. The van der Waals surface area contributed by atoms with E-state index < -0.39 is 0 Å². The molecule has 20 heavy (non-hydrogen) atoms. The molecule has 0 spiro atoms. The van der Waals surface area contributed by atoms with Gasteiger partial charge < -0.3 is 15.0 Å². The summed E-state index contributed by atoms with van der Waals surface area (Å²) < 4.78 is 12.3. The van der Waals surface area contributed by atoms with Gasteiger partial charge in [0.1, 0.15) is 5.78 Å². The summed E-state index contributed by atoms with van der Waals surface area (Å²) in [5.41, 5.74) is 5.46. The van der Waals surface area contributed by atoms with Crippen molar-refractivity contribution in [3.63, 3.8) is 0 Å². The zero-order valence-electron chi connectivity index (χ0n) is 13.4. The van der Waals surface area contributed by atoms with Crippen molar-refractivity contribution in [1.82, 2.24) is 0 Å². The molecular formula is C15H28BNO3. The highest BCUT2D eigenvalue weighted by Crippen LogP contribution is 2.45. The molecule has 1 aliphatic heterocycles. The Kier molecular flexibility index (Phi) is 4.34. The first kappa shape index (κ1) is 16.0. The fourth-order valence-electron chi connectivity index (χ4n) is 3.31.